The first kappa shape index (κ1) is 14.1. The number of benzene rings is 1. The van der Waals surface area contributed by atoms with Crippen molar-refractivity contribution in [2.24, 2.45) is 0 Å². The quantitative estimate of drug-likeness (QED) is 0.695. The minimum Gasteiger partial charge on any atom is -0.478 e. The predicted octanol–water partition coefficient (Wildman–Crippen LogP) is 3.92. The molecule has 0 saturated carbocycles. The van der Waals surface area contributed by atoms with Crippen molar-refractivity contribution in [1.29, 1.82) is 0 Å². The molecule has 21 heavy (non-hydrogen) atoms. The minimum atomic E-state index is -1.02. The topological polar surface area (TPSA) is 76.0 Å². The molecule has 2 aromatic heterocycles. The lowest BCUT2D eigenvalue weighted by Crippen LogP contribution is -2.01. The molecule has 3 aromatic rings. The Morgan fingerprint density at radius 3 is 2.57 bits per heavy atom. The molecule has 0 unspecified atom stereocenters. The molecule has 5 nitrogen and oxygen atoms in total. The molecule has 0 aliphatic carbocycles. The Morgan fingerprint density at radius 1 is 1.10 bits per heavy atom. The Kier molecular flexibility index (Phi) is 3.69. The molecule has 1 N–H and O–H groups in total. The maximum absolute atomic E-state index is 11.5. The molecule has 7 heteroatoms. The van der Waals surface area contributed by atoms with Gasteiger partial charge in [-0.15, -0.1) is 0 Å². The standard InChI is InChI=1S/C14H7Br2N3O2/c15-7-3-8-9(14(20)21)5-11(12-6-17-1-2-18-12)19-13(8)10(16)4-7/h1-6H,(H,20,21). The van der Waals surface area contributed by atoms with E-state index in [4.69, 9.17) is 0 Å². The number of aromatic carboxylic acids is 1. The van der Waals surface area contributed by atoms with Crippen LogP contribution in [0.1, 0.15) is 10.4 Å². The molecule has 0 amide bonds. The summed E-state index contributed by atoms with van der Waals surface area (Å²) in [7, 11) is 0. The van der Waals surface area contributed by atoms with E-state index in [2.05, 4.69) is 46.8 Å². The van der Waals surface area contributed by atoms with Gasteiger partial charge >= 0.3 is 5.97 Å². The van der Waals surface area contributed by atoms with E-state index in [-0.39, 0.29) is 5.56 Å². The third-order valence-corrected chi connectivity index (χ3v) is 3.95. The average molecular weight is 409 g/mol. The van der Waals surface area contributed by atoms with Gasteiger partial charge in [-0.05, 0) is 34.1 Å². The number of fused-ring (bicyclic) bond motifs is 1. The van der Waals surface area contributed by atoms with Crippen LogP contribution < -0.4 is 0 Å². The average Bonchev–Trinajstić information content (AvgIpc) is 2.47. The maximum atomic E-state index is 11.5. The van der Waals surface area contributed by atoms with Crippen molar-refractivity contribution in [1.82, 2.24) is 15.0 Å². The second-order valence-electron chi connectivity index (χ2n) is 4.23. The van der Waals surface area contributed by atoms with Crippen LogP contribution in [0.25, 0.3) is 22.3 Å². The number of nitrogens with zero attached hydrogens (tertiary/aromatic N) is 3. The minimum absolute atomic E-state index is 0.169. The Labute approximate surface area is 136 Å². The number of carboxylic acids is 1. The number of carboxylic acid groups (broad SMARTS) is 1. The molecule has 0 aliphatic heterocycles. The monoisotopic (exact) mass is 407 g/mol. The molecule has 0 bridgehead atoms. The van der Waals surface area contributed by atoms with Gasteiger partial charge in [0.15, 0.2) is 0 Å². The van der Waals surface area contributed by atoms with E-state index >= 15 is 0 Å². The number of aromatic nitrogens is 3. The number of hydrogen-bond acceptors (Lipinski definition) is 4. The smallest absolute Gasteiger partial charge is 0.336 e. The Balaban J connectivity index is 2.38. The molecular formula is C14H7Br2N3O2. The zero-order valence-corrected chi connectivity index (χ0v) is 13.6. The lowest BCUT2D eigenvalue weighted by Gasteiger charge is -2.08. The van der Waals surface area contributed by atoms with Gasteiger partial charge in [0.25, 0.3) is 0 Å². The zero-order valence-electron chi connectivity index (χ0n) is 10.4. The first-order valence-corrected chi connectivity index (χ1v) is 7.44. The van der Waals surface area contributed by atoms with Crippen LogP contribution in [0.3, 0.4) is 0 Å². The van der Waals surface area contributed by atoms with Crippen LogP contribution in [0.15, 0.2) is 45.7 Å². The van der Waals surface area contributed by atoms with E-state index in [0.29, 0.717) is 26.8 Å². The van der Waals surface area contributed by atoms with Crippen LogP contribution in [0.5, 0.6) is 0 Å². The molecular weight excluding hydrogens is 402 g/mol. The van der Waals surface area contributed by atoms with Gasteiger partial charge in [-0.25, -0.2) is 9.78 Å². The maximum Gasteiger partial charge on any atom is 0.336 e. The first-order chi connectivity index (χ1) is 10.1. The largest absolute Gasteiger partial charge is 0.478 e. The highest BCUT2D eigenvalue weighted by molar-refractivity contribution is 9.11. The summed E-state index contributed by atoms with van der Waals surface area (Å²) in [6, 6.07) is 5.06. The fourth-order valence-corrected chi connectivity index (χ4v) is 3.31. The zero-order chi connectivity index (χ0) is 15.0. The summed E-state index contributed by atoms with van der Waals surface area (Å²) < 4.78 is 1.48. The molecule has 3 rings (SSSR count). The van der Waals surface area contributed by atoms with E-state index in [9.17, 15) is 9.90 Å². The molecule has 0 fully saturated rings. The Hall–Kier alpha value is -1.86. The lowest BCUT2D eigenvalue weighted by atomic mass is 10.1. The summed E-state index contributed by atoms with van der Waals surface area (Å²) in [5.74, 6) is -1.02. The second-order valence-corrected chi connectivity index (χ2v) is 6.00. The van der Waals surface area contributed by atoms with Gasteiger partial charge in [0, 0.05) is 26.7 Å². The third kappa shape index (κ3) is 2.66. The number of rotatable bonds is 2. The van der Waals surface area contributed by atoms with Crippen molar-refractivity contribution in [3.05, 3.63) is 51.3 Å². The van der Waals surface area contributed by atoms with Gasteiger partial charge in [0.05, 0.1) is 23.0 Å². The lowest BCUT2D eigenvalue weighted by molar-refractivity contribution is 0.0699. The van der Waals surface area contributed by atoms with Gasteiger partial charge in [0.2, 0.25) is 0 Å². The van der Waals surface area contributed by atoms with E-state index in [0.717, 1.165) is 4.47 Å². The van der Waals surface area contributed by atoms with Gasteiger partial charge in [-0.1, -0.05) is 15.9 Å². The van der Waals surface area contributed by atoms with Crippen LogP contribution in [-0.4, -0.2) is 26.0 Å². The number of halogens is 2. The van der Waals surface area contributed by atoms with Gasteiger partial charge in [0.1, 0.15) is 5.69 Å². The Bertz CT molecular complexity index is 854. The van der Waals surface area contributed by atoms with Crippen LogP contribution in [0.4, 0.5) is 0 Å². The number of carbonyl (C=O) groups is 1. The molecule has 0 atom stereocenters. The van der Waals surface area contributed by atoms with Crippen molar-refractivity contribution in [2.75, 3.05) is 0 Å². The number of hydrogen-bond donors (Lipinski definition) is 1. The van der Waals surface area contributed by atoms with Crippen molar-refractivity contribution in [3.8, 4) is 11.4 Å². The summed E-state index contributed by atoms with van der Waals surface area (Å²) in [4.78, 5) is 24.2. The molecule has 104 valence electrons. The van der Waals surface area contributed by atoms with Crippen LogP contribution in [0.2, 0.25) is 0 Å². The van der Waals surface area contributed by atoms with Crippen LogP contribution >= 0.6 is 31.9 Å². The first-order valence-electron chi connectivity index (χ1n) is 5.86. The third-order valence-electron chi connectivity index (χ3n) is 2.89. The fraction of sp³-hybridized carbons (Fsp3) is 0. The predicted molar refractivity (Wildman–Crippen MR) is 85.1 cm³/mol. The molecule has 0 spiro atoms. The van der Waals surface area contributed by atoms with Crippen LogP contribution in [0, 0.1) is 0 Å². The molecule has 0 radical (unpaired) electrons. The normalized spacial score (nSPS) is 10.8. The summed E-state index contributed by atoms with van der Waals surface area (Å²) >= 11 is 6.77. The van der Waals surface area contributed by atoms with Crippen molar-refractivity contribution in [3.63, 3.8) is 0 Å². The highest BCUT2D eigenvalue weighted by atomic mass is 79.9. The van der Waals surface area contributed by atoms with Crippen LogP contribution in [-0.2, 0) is 0 Å². The highest BCUT2D eigenvalue weighted by Crippen LogP contribution is 2.31. The van der Waals surface area contributed by atoms with E-state index < -0.39 is 5.97 Å². The Morgan fingerprint density at radius 2 is 1.90 bits per heavy atom. The summed E-state index contributed by atoms with van der Waals surface area (Å²) in [6.45, 7) is 0. The van der Waals surface area contributed by atoms with E-state index in [1.54, 1.807) is 18.5 Å². The van der Waals surface area contributed by atoms with Gasteiger partial charge < -0.3 is 5.11 Å². The molecule has 1 aromatic carbocycles. The summed E-state index contributed by atoms with van der Waals surface area (Å²) in [5, 5.41) is 9.99. The fourth-order valence-electron chi connectivity index (χ4n) is 1.99. The van der Waals surface area contributed by atoms with E-state index in [1.807, 2.05) is 6.07 Å². The highest BCUT2D eigenvalue weighted by Gasteiger charge is 2.16. The van der Waals surface area contributed by atoms with E-state index in [1.165, 1.54) is 12.3 Å². The summed E-state index contributed by atoms with van der Waals surface area (Å²) in [5.41, 5.74) is 1.73. The van der Waals surface area contributed by atoms with Gasteiger partial charge in [-0.2, -0.15) is 0 Å². The second kappa shape index (κ2) is 5.50. The van der Waals surface area contributed by atoms with Crippen molar-refractivity contribution in [2.45, 2.75) is 0 Å². The van der Waals surface area contributed by atoms with Crippen molar-refractivity contribution >= 4 is 48.7 Å². The van der Waals surface area contributed by atoms with Gasteiger partial charge in [-0.3, -0.25) is 9.97 Å². The number of pyridine rings is 1. The molecule has 2 heterocycles. The molecule has 0 saturated heterocycles. The van der Waals surface area contributed by atoms with Crippen molar-refractivity contribution < 1.29 is 9.90 Å². The molecule has 0 aliphatic rings. The summed E-state index contributed by atoms with van der Waals surface area (Å²) in [6.07, 6.45) is 4.64. The SMILES string of the molecule is O=C(O)c1cc(-c2cnccn2)nc2c(Br)cc(Br)cc12.